The van der Waals surface area contributed by atoms with Crippen LogP contribution < -0.4 is 5.32 Å². The van der Waals surface area contributed by atoms with Gasteiger partial charge in [-0.3, -0.25) is 4.90 Å². The maximum absolute atomic E-state index is 11.2. The molecule has 0 radical (unpaired) electrons. The van der Waals surface area contributed by atoms with Gasteiger partial charge >= 0.3 is 0 Å². The van der Waals surface area contributed by atoms with Crippen molar-refractivity contribution in [3.05, 3.63) is 0 Å². The van der Waals surface area contributed by atoms with E-state index in [0.717, 1.165) is 38.9 Å². The Bertz CT molecular complexity index is 356. The first-order chi connectivity index (χ1) is 8.26. The summed E-state index contributed by atoms with van der Waals surface area (Å²) in [4.78, 5) is 2.44. The fourth-order valence-electron chi connectivity index (χ4n) is 2.49. The molecule has 0 aromatic heterocycles. The number of hydrogen-bond donors (Lipinski definition) is 1. The van der Waals surface area contributed by atoms with Gasteiger partial charge in [-0.25, -0.2) is 8.42 Å². The molecule has 1 aliphatic heterocycles. The summed E-state index contributed by atoms with van der Waals surface area (Å²) < 4.78 is 22.4. The molecular formula is C13H28N2O2S. The highest BCUT2D eigenvalue weighted by Crippen LogP contribution is 2.19. The first-order valence-corrected chi connectivity index (χ1v) is 8.98. The van der Waals surface area contributed by atoms with Crippen LogP contribution in [0.25, 0.3) is 0 Å². The van der Waals surface area contributed by atoms with Crippen LogP contribution in [0, 0.1) is 0 Å². The van der Waals surface area contributed by atoms with E-state index in [9.17, 15) is 8.42 Å². The van der Waals surface area contributed by atoms with Gasteiger partial charge in [0.25, 0.3) is 0 Å². The molecule has 1 saturated heterocycles. The Morgan fingerprint density at radius 3 is 2.67 bits per heavy atom. The molecule has 2 unspecified atom stereocenters. The zero-order valence-electron chi connectivity index (χ0n) is 12.2. The van der Waals surface area contributed by atoms with E-state index in [2.05, 4.69) is 31.0 Å². The summed E-state index contributed by atoms with van der Waals surface area (Å²) in [6.07, 6.45) is 4.29. The summed E-state index contributed by atoms with van der Waals surface area (Å²) in [6, 6.07) is 0.533. The Kier molecular flexibility index (Phi) is 5.62. The Morgan fingerprint density at radius 1 is 1.44 bits per heavy atom. The van der Waals surface area contributed by atoms with E-state index in [-0.39, 0.29) is 5.54 Å². The van der Waals surface area contributed by atoms with Gasteiger partial charge in [0.1, 0.15) is 9.84 Å². The fourth-order valence-corrected chi connectivity index (χ4v) is 3.14. The fraction of sp³-hybridized carbons (Fsp3) is 1.00. The minimum Gasteiger partial charge on any atom is -0.310 e. The maximum Gasteiger partial charge on any atom is 0.147 e. The third-order valence-electron chi connectivity index (χ3n) is 4.03. The third-order valence-corrected chi connectivity index (χ3v) is 5.06. The second-order valence-corrected chi connectivity index (χ2v) is 8.19. The maximum atomic E-state index is 11.2. The Morgan fingerprint density at radius 2 is 2.11 bits per heavy atom. The van der Waals surface area contributed by atoms with Crippen LogP contribution in [0.1, 0.15) is 40.0 Å². The van der Waals surface area contributed by atoms with Gasteiger partial charge in [0.2, 0.25) is 0 Å². The molecule has 5 heteroatoms. The molecule has 0 aliphatic carbocycles. The molecule has 0 spiro atoms. The highest BCUT2D eigenvalue weighted by molar-refractivity contribution is 7.90. The van der Waals surface area contributed by atoms with Crippen molar-refractivity contribution in [3.8, 4) is 0 Å². The van der Waals surface area contributed by atoms with E-state index in [1.165, 1.54) is 6.26 Å². The number of sulfone groups is 1. The molecule has 1 N–H and O–H groups in total. The van der Waals surface area contributed by atoms with Gasteiger partial charge < -0.3 is 5.32 Å². The molecule has 0 bridgehead atoms. The van der Waals surface area contributed by atoms with Crippen molar-refractivity contribution in [2.75, 3.05) is 31.6 Å². The van der Waals surface area contributed by atoms with Crippen molar-refractivity contribution in [2.45, 2.75) is 51.6 Å². The molecule has 0 saturated carbocycles. The van der Waals surface area contributed by atoms with E-state index in [4.69, 9.17) is 0 Å². The van der Waals surface area contributed by atoms with Gasteiger partial charge in [0.05, 0.1) is 5.75 Å². The quantitative estimate of drug-likeness (QED) is 0.822. The number of nitrogens with one attached hydrogen (secondary N) is 1. The van der Waals surface area contributed by atoms with Crippen LogP contribution in [0.4, 0.5) is 0 Å². The molecule has 1 rings (SSSR count). The highest BCUT2D eigenvalue weighted by atomic mass is 32.2. The number of nitrogens with zero attached hydrogens (tertiary/aromatic N) is 1. The largest absolute Gasteiger partial charge is 0.310 e. The third kappa shape index (κ3) is 5.24. The summed E-state index contributed by atoms with van der Waals surface area (Å²) in [7, 11) is -2.83. The minimum absolute atomic E-state index is 0.163. The standard InChI is InChI=1S/C13H28N2O2S/c1-5-13(3)11-15(12(2)7-8-14-13)9-6-10-18(4,16)17/h12,14H,5-11H2,1-4H3. The summed E-state index contributed by atoms with van der Waals surface area (Å²) >= 11 is 0. The number of rotatable bonds is 5. The summed E-state index contributed by atoms with van der Waals surface area (Å²) in [5.41, 5.74) is 0.163. The van der Waals surface area contributed by atoms with Crippen LogP contribution in [0.2, 0.25) is 0 Å². The summed E-state index contributed by atoms with van der Waals surface area (Å²) in [5, 5.41) is 3.61. The van der Waals surface area contributed by atoms with Crippen molar-refractivity contribution >= 4 is 9.84 Å². The predicted octanol–water partition coefficient (Wildman–Crippen LogP) is 1.27. The van der Waals surface area contributed by atoms with Crippen LogP contribution in [-0.2, 0) is 9.84 Å². The van der Waals surface area contributed by atoms with Crippen molar-refractivity contribution < 1.29 is 8.42 Å². The van der Waals surface area contributed by atoms with Gasteiger partial charge in [-0.1, -0.05) is 6.92 Å². The van der Waals surface area contributed by atoms with Crippen molar-refractivity contribution in [2.24, 2.45) is 0 Å². The van der Waals surface area contributed by atoms with Crippen LogP contribution in [0.15, 0.2) is 0 Å². The van der Waals surface area contributed by atoms with E-state index in [1.807, 2.05) is 0 Å². The van der Waals surface area contributed by atoms with Crippen LogP contribution in [0.5, 0.6) is 0 Å². The average molecular weight is 276 g/mol. The number of hydrogen-bond acceptors (Lipinski definition) is 4. The van der Waals surface area contributed by atoms with Crippen molar-refractivity contribution in [3.63, 3.8) is 0 Å². The van der Waals surface area contributed by atoms with E-state index < -0.39 is 9.84 Å². The van der Waals surface area contributed by atoms with E-state index in [1.54, 1.807) is 0 Å². The lowest BCUT2D eigenvalue weighted by Gasteiger charge is -2.34. The smallest absolute Gasteiger partial charge is 0.147 e. The van der Waals surface area contributed by atoms with Crippen LogP contribution in [0.3, 0.4) is 0 Å². The SMILES string of the molecule is CCC1(C)CN(CCCS(C)(=O)=O)C(C)CCN1. The molecule has 2 atom stereocenters. The molecule has 4 nitrogen and oxygen atoms in total. The van der Waals surface area contributed by atoms with E-state index in [0.29, 0.717) is 11.8 Å². The normalized spacial score (nSPS) is 31.2. The van der Waals surface area contributed by atoms with Gasteiger partial charge in [0.15, 0.2) is 0 Å². The first-order valence-electron chi connectivity index (χ1n) is 6.92. The van der Waals surface area contributed by atoms with Gasteiger partial charge in [-0.2, -0.15) is 0 Å². The zero-order chi connectivity index (χ0) is 13.8. The van der Waals surface area contributed by atoms with Crippen LogP contribution >= 0.6 is 0 Å². The monoisotopic (exact) mass is 276 g/mol. The molecule has 1 aliphatic rings. The van der Waals surface area contributed by atoms with Crippen LogP contribution in [-0.4, -0.2) is 56.5 Å². The summed E-state index contributed by atoms with van der Waals surface area (Å²) in [5.74, 6) is 0.298. The summed E-state index contributed by atoms with van der Waals surface area (Å²) in [6.45, 7) is 9.64. The lowest BCUT2D eigenvalue weighted by Crippen LogP contribution is -2.49. The molecule has 0 amide bonds. The van der Waals surface area contributed by atoms with Gasteiger partial charge in [-0.15, -0.1) is 0 Å². The van der Waals surface area contributed by atoms with Gasteiger partial charge in [-0.05, 0) is 46.2 Å². The molecule has 0 aromatic rings. The Hall–Kier alpha value is -0.130. The Labute approximate surface area is 112 Å². The second-order valence-electron chi connectivity index (χ2n) is 5.93. The van der Waals surface area contributed by atoms with Gasteiger partial charge in [0, 0.05) is 24.4 Å². The molecular weight excluding hydrogens is 248 g/mol. The molecule has 0 aromatic carbocycles. The van der Waals surface area contributed by atoms with E-state index >= 15 is 0 Å². The topological polar surface area (TPSA) is 49.4 Å². The lowest BCUT2D eigenvalue weighted by molar-refractivity contribution is 0.172. The molecule has 18 heavy (non-hydrogen) atoms. The Balaban J connectivity index is 2.55. The zero-order valence-corrected chi connectivity index (χ0v) is 13.0. The average Bonchev–Trinajstić information content (AvgIpc) is 2.38. The molecule has 108 valence electrons. The highest BCUT2D eigenvalue weighted by Gasteiger charge is 2.29. The lowest BCUT2D eigenvalue weighted by atomic mass is 9.98. The molecule has 1 heterocycles. The minimum atomic E-state index is -2.83. The first kappa shape index (κ1) is 15.9. The van der Waals surface area contributed by atoms with Crippen molar-refractivity contribution in [1.82, 2.24) is 10.2 Å². The second kappa shape index (κ2) is 6.35. The molecule has 1 fully saturated rings. The van der Waals surface area contributed by atoms with Crippen molar-refractivity contribution in [1.29, 1.82) is 0 Å². The predicted molar refractivity (Wildman–Crippen MR) is 76.7 cm³/mol.